The number of carbonyl (C=O) groups excluding carboxylic acids is 1. The van der Waals surface area contributed by atoms with Crippen LogP contribution in [0.4, 0.5) is 0 Å². The minimum absolute atomic E-state index is 0.207. The molecule has 0 aliphatic rings. The largest absolute Gasteiger partial charge is 0.368 e. The highest BCUT2D eigenvalue weighted by Gasteiger charge is 2.33. The summed E-state index contributed by atoms with van der Waals surface area (Å²) in [5.41, 5.74) is 4.83. The molecular weight excluding hydrogens is 280 g/mol. The molecular formula is C12H22N4OS2. The lowest BCUT2D eigenvalue weighted by atomic mass is 9.94. The quantitative estimate of drug-likeness (QED) is 0.753. The van der Waals surface area contributed by atoms with Crippen molar-refractivity contribution in [3.63, 3.8) is 0 Å². The second-order valence-electron chi connectivity index (χ2n) is 5.21. The van der Waals surface area contributed by atoms with Gasteiger partial charge in [-0.2, -0.15) is 0 Å². The number of rotatable bonds is 7. The number of aromatic nitrogens is 2. The van der Waals surface area contributed by atoms with E-state index in [0.29, 0.717) is 6.42 Å². The summed E-state index contributed by atoms with van der Waals surface area (Å²) in [6, 6.07) is 0.207. The maximum Gasteiger partial charge on any atom is 0.237 e. The lowest BCUT2D eigenvalue weighted by Crippen LogP contribution is -2.56. The Balaban J connectivity index is 2.66. The summed E-state index contributed by atoms with van der Waals surface area (Å²) >= 11 is 3.20. The molecule has 1 aromatic heterocycles. The molecule has 0 aliphatic heterocycles. The minimum atomic E-state index is -0.694. The SMILES string of the molecule is Cc1nnc(SC(C)CC(C)(NC(C)C)C(N)=O)s1. The van der Waals surface area contributed by atoms with Gasteiger partial charge in [-0.25, -0.2) is 0 Å². The molecule has 2 unspecified atom stereocenters. The molecule has 1 amide bonds. The van der Waals surface area contributed by atoms with Crippen LogP contribution in [-0.4, -0.2) is 32.9 Å². The smallest absolute Gasteiger partial charge is 0.237 e. The van der Waals surface area contributed by atoms with Crippen molar-refractivity contribution in [2.75, 3.05) is 0 Å². The van der Waals surface area contributed by atoms with Crippen molar-refractivity contribution in [2.45, 2.75) is 62.2 Å². The Morgan fingerprint density at radius 2 is 2.11 bits per heavy atom. The molecule has 0 spiro atoms. The van der Waals surface area contributed by atoms with E-state index in [1.54, 1.807) is 23.1 Å². The van der Waals surface area contributed by atoms with E-state index in [4.69, 9.17) is 5.73 Å². The summed E-state index contributed by atoms with van der Waals surface area (Å²) < 4.78 is 0.932. The zero-order chi connectivity index (χ0) is 14.6. The summed E-state index contributed by atoms with van der Waals surface area (Å²) in [5, 5.41) is 12.5. The second kappa shape index (κ2) is 6.67. The third-order valence-electron chi connectivity index (χ3n) is 2.66. The molecule has 3 N–H and O–H groups in total. The Bertz CT molecular complexity index is 435. The highest BCUT2D eigenvalue weighted by Crippen LogP contribution is 2.30. The zero-order valence-corrected chi connectivity index (χ0v) is 13.7. The van der Waals surface area contributed by atoms with Gasteiger partial charge in [-0.3, -0.25) is 4.79 Å². The van der Waals surface area contributed by atoms with Gasteiger partial charge in [0.15, 0.2) is 4.34 Å². The third-order valence-corrected chi connectivity index (χ3v) is 4.68. The van der Waals surface area contributed by atoms with Crippen molar-refractivity contribution < 1.29 is 4.79 Å². The highest BCUT2D eigenvalue weighted by molar-refractivity contribution is 8.01. The normalized spacial score (nSPS) is 16.3. The summed E-state index contributed by atoms with van der Waals surface area (Å²) in [4.78, 5) is 11.7. The fourth-order valence-electron chi connectivity index (χ4n) is 1.98. The fourth-order valence-corrected chi connectivity index (χ4v) is 4.29. The molecule has 0 fully saturated rings. The number of nitrogens with one attached hydrogen (secondary N) is 1. The van der Waals surface area contributed by atoms with E-state index in [0.717, 1.165) is 9.35 Å². The monoisotopic (exact) mass is 302 g/mol. The number of amides is 1. The third kappa shape index (κ3) is 5.08. The van der Waals surface area contributed by atoms with Gasteiger partial charge in [-0.1, -0.05) is 30.0 Å². The first-order chi connectivity index (χ1) is 8.73. The number of hydrogen-bond acceptors (Lipinski definition) is 6. The average Bonchev–Trinajstić information content (AvgIpc) is 2.61. The van der Waals surface area contributed by atoms with Gasteiger partial charge in [0.1, 0.15) is 5.01 Å². The van der Waals surface area contributed by atoms with Gasteiger partial charge < -0.3 is 11.1 Å². The number of primary amides is 1. The first-order valence-corrected chi connectivity index (χ1v) is 7.97. The maximum absolute atomic E-state index is 11.7. The average molecular weight is 302 g/mol. The van der Waals surface area contributed by atoms with Crippen LogP contribution in [0, 0.1) is 6.92 Å². The van der Waals surface area contributed by atoms with Crippen LogP contribution in [0.5, 0.6) is 0 Å². The number of carbonyl (C=O) groups is 1. The van der Waals surface area contributed by atoms with E-state index >= 15 is 0 Å². The van der Waals surface area contributed by atoms with Crippen molar-refractivity contribution >= 4 is 29.0 Å². The van der Waals surface area contributed by atoms with E-state index in [1.807, 2.05) is 27.7 Å². The van der Waals surface area contributed by atoms with Crippen LogP contribution in [0.15, 0.2) is 4.34 Å². The summed E-state index contributed by atoms with van der Waals surface area (Å²) in [5.74, 6) is -0.318. The van der Waals surface area contributed by atoms with Crippen LogP contribution in [0.1, 0.15) is 39.1 Å². The molecule has 0 aliphatic carbocycles. The molecule has 108 valence electrons. The molecule has 7 heteroatoms. The predicted octanol–water partition coefficient (Wildman–Crippen LogP) is 1.96. The van der Waals surface area contributed by atoms with Gasteiger partial charge in [0.05, 0.1) is 5.54 Å². The van der Waals surface area contributed by atoms with E-state index in [2.05, 4.69) is 22.4 Å². The molecule has 0 radical (unpaired) electrons. The zero-order valence-electron chi connectivity index (χ0n) is 12.1. The Labute approximate surface area is 122 Å². The van der Waals surface area contributed by atoms with Gasteiger partial charge in [0, 0.05) is 11.3 Å². The lowest BCUT2D eigenvalue weighted by molar-refractivity contribution is -0.124. The second-order valence-corrected chi connectivity index (χ2v) is 8.08. The van der Waals surface area contributed by atoms with Gasteiger partial charge in [0.25, 0.3) is 0 Å². The van der Waals surface area contributed by atoms with Crippen LogP contribution < -0.4 is 11.1 Å². The van der Waals surface area contributed by atoms with E-state index in [-0.39, 0.29) is 17.2 Å². The van der Waals surface area contributed by atoms with Crippen LogP contribution in [0.3, 0.4) is 0 Å². The summed E-state index contributed by atoms with van der Waals surface area (Å²) in [6.07, 6.45) is 0.657. The Morgan fingerprint density at radius 1 is 1.47 bits per heavy atom. The minimum Gasteiger partial charge on any atom is -0.368 e. The van der Waals surface area contributed by atoms with Crippen molar-refractivity contribution in [3.8, 4) is 0 Å². The van der Waals surface area contributed by atoms with Crippen LogP contribution in [-0.2, 0) is 4.79 Å². The van der Waals surface area contributed by atoms with Crippen LogP contribution >= 0.6 is 23.1 Å². The predicted molar refractivity (Wildman–Crippen MR) is 80.5 cm³/mol. The number of thioether (sulfide) groups is 1. The van der Waals surface area contributed by atoms with E-state index < -0.39 is 5.54 Å². The van der Waals surface area contributed by atoms with Gasteiger partial charge >= 0.3 is 0 Å². The molecule has 0 bridgehead atoms. The molecule has 1 rings (SSSR count). The van der Waals surface area contributed by atoms with Gasteiger partial charge in [0.2, 0.25) is 5.91 Å². The Kier molecular flexibility index (Phi) is 5.76. The van der Waals surface area contributed by atoms with Gasteiger partial charge in [-0.05, 0) is 34.1 Å². The Morgan fingerprint density at radius 3 is 2.53 bits per heavy atom. The molecule has 5 nitrogen and oxygen atoms in total. The lowest BCUT2D eigenvalue weighted by Gasteiger charge is -2.31. The molecule has 0 saturated carbocycles. The van der Waals surface area contributed by atoms with E-state index in [9.17, 15) is 4.79 Å². The van der Waals surface area contributed by atoms with Crippen LogP contribution in [0.25, 0.3) is 0 Å². The first-order valence-electron chi connectivity index (χ1n) is 6.27. The summed E-state index contributed by atoms with van der Waals surface area (Å²) in [6.45, 7) is 9.88. The van der Waals surface area contributed by atoms with Crippen LogP contribution in [0.2, 0.25) is 0 Å². The first kappa shape index (κ1) is 16.4. The molecule has 0 aromatic carbocycles. The molecule has 1 heterocycles. The highest BCUT2D eigenvalue weighted by atomic mass is 32.2. The number of hydrogen-bond donors (Lipinski definition) is 2. The number of aryl methyl sites for hydroxylation is 1. The summed E-state index contributed by atoms with van der Waals surface area (Å²) in [7, 11) is 0. The van der Waals surface area contributed by atoms with E-state index in [1.165, 1.54) is 0 Å². The number of nitrogens with zero attached hydrogens (tertiary/aromatic N) is 2. The standard InChI is InChI=1S/C12H22N4OS2/c1-7(2)14-12(5,10(13)17)6-8(3)18-11-16-15-9(4)19-11/h7-8,14H,6H2,1-5H3,(H2,13,17). The molecule has 0 saturated heterocycles. The molecule has 2 atom stereocenters. The van der Waals surface area contributed by atoms with Crippen molar-refractivity contribution in [1.29, 1.82) is 0 Å². The topological polar surface area (TPSA) is 80.9 Å². The molecule has 1 aromatic rings. The Hall–Kier alpha value is -0.660. The maximum atomic E-state index is 11.7. The van der Waals surface area contributed by atoms with Gasteiger partial charge in [-0.15, -0.1) is 10.2 Å². The van der Waals surface area contributed by atoms with Crippen molar-refractivity contribution in [2.24, 2.45) is 5.73 Å². The van der Waals surface area contributed by atoms with Crippen molar-refractivity contribution in [1.82, 2.24) is 15.5 Å². The fraction of sp³-hybridized carbons (Fsp3) is 0.750. The molecule has 19 heavy (non-hydrogen) atoms. The van der Waals surface area contributed by atoms with Crippen molar-refractivity contribution in [3.05, 3.63) is 5.01 Å². The number of nitrogens with two attached hydrogens (primary N) is 1.